The number of aromatic nitrogens is 1. The van der Waals surface area contributed by atoms with Crippen LogP contribution in [0.25, 0.3) is 22.6 Å². The van der Waals surface area contributed by atoms with Gasteiger partial charge in [-0.3, -0.25) is 4.79 Å². The van der Waals surface area contributed by atoms with Gasteiger partial charge in [-0.25, -0.2) is 4.98 Å². The summed E-state index contributed by atoms with van der Waals surface area (Å²) < 4.78 is 22.3. The molecule has 4 bridgehead atoms. The molecule has 1 aromatic heterocycles. The maximum absolute atomic E-state index is 13.1. The highest BCUT2D eigenvalue weighted by molar-refractivity contribution is 5.93. The van der Waals surface area contributed by atoms with Crippen molar-refractivity contribution in [3.8, 4) is 28.7 Å². The largest absolute Gasteiger partial charge is 0.493 e. The molecule has 0 spiro atoms. The lowest BCUT2D eigenvalue weighted by molar-refractivity contribution is -0.124. The number of ether oxygens (including phenoxy) is 3. The SMILES string of the molecule is COc1cc(-c2nc3cc(NC(=O)CC45CC6CC(CC(C6)C4)C5)ccc3o2)cc(OC)c1OC. The third-order valence-corrected chi connectivity index (χ3v) is 8.28. The number of anilines is 1. The van der Waals surface area contributed by atoms with Crippen LogP contribution in [0.3, 0.4) is 0 Å². The van der Waals surface area contributed by atoms with Crippen molar-refractivity contribution in [3.05, 3.63) is 30.3 Å². The first-order chi connectivity index (χ1) is 17.0. The number of rotatable bonds is 7. The molecule has 1 N–H and O–H groups in total. The van der Waals surface area contributed by atoms with E-state index in [2.05, 4.69) is 10.3 Å². The van der Waals surface area contributed by atoms with E-state index in [1.165, 1.54) is 38.5 Å². The molecule has 0 saturated heterocycles. The number of fused-ring (bicyclic) bond motifs is 1. The third-order valence-electron chi connectivity index (χ3n) is 8.28. The summed E-state index contributed by atoms with van der Waals surface area (Å²) in [5.74, 6) is 4.65. The van der Waals surface area contributed by atoms with E-state index in [0.717, 1.165) is 23.4 Å². The van der Waals surface area contributed by atoms with Gasteiger partial charge in [-0.15, -0.1) is 0 Å². The Balaban J connectivity index is 1.21. The molecule has 0 aliphatic heterocycles. The van der Waals surface area contributed by atoms with Gasteiger partial charge in [-0.1, -0.05) is 0 Å². The van der Waals surface area contributed by atoms with Crippen LogP contribution in [0.4, 0.5) is 5.69 Å². The lowest BCUT2D eigenvalue weighted by Crippen LogP contribution is -2.47. The third kappa shape index (κ3) is 4.01. The van der Waals surface area contributed by atoms with Gasteiger partial charge >= 0.3 is 0 Å². The standard InChI is InChI=1S/C28H32N2O5/c1-32-23-9-19(10-24(33-2)26(23)34-3)27-30-21-11-20(4-5-22(21)35-27)29-25(31)15-28-12-16-6-17(13-28)8-18(7-16)14-28/h4-5,9-11,16-18H,6-8,12-15H2,1-3H3,(H,29,31). The molecule has 0 atom stereocenters. The molecule has 0 radical (unpaired) electrons. The number of nitrogens with zero attached hydrogens (tertiary/aromatic N) is 1. The van der Waals surface area contributed by atoms with Crippen molar-refractivity contribution in [2.45, 2.75) is 44.9 Å². The zero-order valence-electron chi connectivity index (χ0n) is 20.6. The molecule has 1 amide bonds. The second kappa shape index (κ2) is 8.47. The van der Waals surface area contributed by atoms with Gasteiger partial charge in [0.05, 0.1) is 21.3 Å². The number of hydrogen-bond acceptors (Lipinski definition) is 6. The van der Waals surface area contributed by atoms with Gasteiger partial charge in [0.1, 0.15) is 5.52 Å². The van der Waals surface area contributed by atoms with Crippen molar-refractivity contribution < 1.29 is 23.4 Å². The Bertz CT molecular complexity index is 1220. The molecular formula is C28H32N2O5. The van der Waals surface area contributed by atoms with Crippen LogP contribution >= 0.6 is 0 Å². The topological polar surface area (TPSA) is 82.8 Å². The Kier molecular flexibility index (Phi) is 5.38. The van der Waals surface area contributed by atoms with E-state index in [0.29, 0.717) is 46.2 Å². The summed E-state index contributed by atoms with van der Waals surface area (Å²) in [6, 6.07) is 9.21. The predicted molar refractivity (Wildman–Crippen MR) is 133 cm³/mol. The summed E-state index contributed by atoms with van der Waals surface area (Å²) in [7, 11) is 4.72. The first kappa shape index (κ1) is 22.3. The highest BCUT2D eigenvalue weighted by Crippen LogP contribution is 2.61. The van der Waals surface area contributed by atoms with Crippen LogP contribution in [0.15, 0.2) is 34.7 Å². The molecule has 7 heteroatoms. The van der Waals surface area contributed by atoms with Crippen LogP contribution in [0.2, 0.25) is 0 Å². The maximum Gasteiger partial charge on any atom is 0.227 e. The Hall–Kier alpha value is -3.22. The van der Waals surface area contributed by atoms with Crippen molar-refractivity contribution in [2.75, 3.05) is 26.6 Å². The quantitative estimate of drug-likeness (QED) is 0.446. The molecule has 7 nitrogen and oxygen atoms in total. The smallest absolute Gasteiger partial charge is 0.227 e. The number of amides is 1. The van der Waals surface area contributed by atoms with Gasteiger partial charge in [0.25, 0.3) is 0 Å². The Morgan fingerprint density at radius 2 is 1.60 bits per heavy atom. The van der Waals surface area contributed by atoms with Crippen LogP contribution < -0.4 is 19.5 Å². The van der Waals surface area contributed by atoms with E-state index in [1.807, 2.05) is 18.2 Å². The van der Waals surface area contributed by atoms with Crippen LogP contribution in [0.5, 0.6) is 17.2 Å². The number of hydrogen-bond donors (Lipinski definition) is 1. The van der Waals surface area contributed by atoms with Gasteiger partial charge in [-0.05, 0) is 92.0 Å². The van der Waals surface area contributed by atoms with Crippen LogP contribution in [0.1, 0.15) is 44.9 Å². The summed E-state index contributed by atoms with van der Waals surface area (Å²) in [4.78, 5) is 17.7. The second-order valence-corrected chi connectivity index (χ2v) is 10.8. The number of carbonyl (C=O) groups excluding carboxylic acids is 1. The van der Waals surface area contributed by atoms with Gasteiger partial charge in [0.2, 0.25) is 17.5 Å². The summed E-state index contributed by atoms with van der Waals surface area (Å²) >= 11 is 0. The Labute approximate surface area is 205 Å². The minimum Gasteiger partial charge on any atom is -0.493 e. The number of oxazole rings is 1. The highest BCUT2D eigenvalue weighted by atomic mass is 16.5. The molecule has 4 saturated carbocycles. The first-order valence-corrected chi connectivity index (χ1v) is 12.5. The van der Waals surface area contributed by atoms with Crippen LogP contribution in [-0.4, -0.2) is 32.2 Å². The van der Waals surface area contributed by atoms with E-state index in [9.17, 15) is 4.79 Å². The molecule has 3 aromatic rings. The van der Waals surface area contributed by atoms with E-state index < -0.39 is 0 Å². The van der Waals surface area contributed by atoms with E-state index in [4.69, 9.17) is 18.6 Å². The van der Waals surface area contributed by atoms with Crippen molar-refractivity contribution in [2.24, 2.45) is 23.2 Å². The molecule has 2 aromatic carbocycles. The Morgan fingerprint density at radius 3 is 2.17 bits per heavy atom. The second-order valence-electron chi connectivity index (χ2n) is 10.8. The van der Waals surface area contributed by atoms with Crippen molar-refractivity contribution >= 4 is 22.7 Å². The van der Waals surface area contributed by atoms with Gasteiger partial charge in [0, 0.05) is 17.7 Å². The number of methoxy groups -OCH3 is 3. The highest BCUT2D eigenvalue weighted by Gasteiger charge is 2.51. The molecule has 7 rings (SSSR count). The van der Waals surface area contributed by atoms with Crippen LogP contribution in [0, 0.1) is 23.2 Å². The van der Waals surface area contributed by atoms with Gasteiger partial charge in [-0.2, -0.15) is 0 Å². The molecule has 35 heavy (non-hydrogen) atoms. The number of benzene rings is 2. The molecule has 184 valence electrons. The summed E-state index contributed by atoms with van der Waals surface area (Å²) in [5, 5.41) is 3.13. The van der Waals surface area contributed by atoms with Crippen LogP contribution in [-0.2, 0) is 4.79 Å². The number of nitrogens with one attached hydrogen (secondary N) is 1. The molecular weight excluding hydrogens is 444 g/mol. The summed E-state index contributed by atoms with van der Waals surface area (Å²) in [6.45, 7) is 0. The number of carbonyl (C=O) groups is 1. The van der Waals surface area contributed by atoms with E-state index in [-0.39, 0.29) is 11.3 Å². The maximum atomic E-state index is 13.1. The lowest BCUT2D eigenvalue weighted by atomic mass is 9.49. The van der Waals surface area contributed by atoms with E-state index >= 15 is 0 Å². The lowest BCUT2D eigenvalue weighted by Gasteiger charge is -2.56. The molecule has 1 heterocycles. The minimum absolute atomic E-state index is 0.111. The fourth-order valence-electron chi connectivity index (χ4n) is 7.39. The first-order valence-electron chi connectivity index (χ1n) is 12.5. The Morgan fingerprint density at radius 1 is 0.971 bits per heavy atom. The average molecular weight is 477 g/mol. The average Bonchev–Trinajstić information content (AvgIpc) is 3.25. The summed E-state index contributed by atoms with van der Waals surface area (Å²) in [5.41, 5.74) is 3.01. The van der Waals surface area contributed by atoms with Crippen molar-refractivity contribution in [3.63, 3.8) is 0 Å². The fourth-order valence-corrected chi connectivity index (χ4v) is 7.39. The molecule has 0 unspecified atom stereocenters. The van der Waals surface area contributed by atoms with Gasteiger partial charge < -0.3 is 23.9 Å². The summed E-state index contributed by atoms with van der Waals surface area (Å²) in [6.07, 6.45) is 8.48. The predicted octanol–water partition coefficient (Wildman–Crippen LogP) is 6.07. The van der Waals surface area contributed by atoms with Gasteiger partial charge in [0.15, 0.2) is 17.1 Å². The molecule has 4 fully saturated rings. The fraction of sp³-hybridized carbons (Fsp3) is 0.500. The molecule has 4 aliphatic rings. The van der Waals surface area contributed by atoms with E-state index in [1.54, 1.807) is 33.5 Å². The monoisotopic (exact) mass is 476 g/mol. The molecule has 4 aliphatic carbocycles. The zero-order valence-corrected chi connectivity index (χ0v) is 20.6. The van der Waals surface area contributed by atoms with Crippen molar-refractivity contribution in [1.82, 2.24) is 4.98 Å². The zero-order chi connectivity index (χ0) is 24.2. The van der Waals surface area contributed by atoms with Crippen molar-refractivity contribution in [1.29, 1.82) is 0 Å². The normalized spacial score (nSPS) is 26.7. The minimum atomic E-state index is 0.111.